The first-order valence-electron chi connectivity index (χ1n) is 7.63. The molecule has 0 bridgehead atoms. The number of piperidine rings is 1. The Bertz CT molecular complexity index is 589. The van der Waals surface area contributed by atoms with Gasteiger partial charge in [0.2, 0.25) is 0 Å². The van der Waals surface area contributed by atoms with E-state index in [-0.39, 0.29) is 0 Å². The van der Waals surface area contributed by atoms with E-state index in [2.05, 4.69) is 22.1 Å². The highest BCUT2D eigenvalue weighted by Crippen LogP contribution is 2.26. The van der Waals surface area contributed by atoms with Gasteiger partial charge >= 0.3 is 0 Å². The molecule has 114 valence electrons. The Hall–Kier alpha value is -1.82. The van der Waals surface area contributed by atoms with Crippen molar-refractivity contribution in [1.29, 1.82) is 0 Å². The van der Waals surface area contributed by atoms with Gasteiger partial charge in [0.15, 0.2) is 11.5 Å². The fourth-order valence-corrected chi connectivity index (χ4v) is 2.94. The molecule has 0 saturated carbocycles. The molecule has 6 heteroatoms. The third-order valence-corrected chi connectivity index (χ3v) is 4.03. The van der Waals surface area contributed by atoms with Crippen LogP contribution in [0.1, 0.15) is 19.8 Å². The summed E-state index contributed by atoms with van der Waals surface area (Å²) >= 11 is 0. The second-order valence-corrected chi connectivity index (χ2v) is 5.52. The van der Waals surface area contributed by atoms with Crippen LogP contribution in [0.25, 0.3) is 5.65 Å². The summed E-state index contributed by atoms with van der Waals surface area (Å²) in [4.78, 5) is 11.6. The lowest BCUT2D eigenvalue weighted by Crippen LogP contribution is -2.36. The number of rotatable bonds is 5. The molecule has 1 N–H and O–H groups in total. The van der Waals surface area contributed by atoms with Gasteiger partial charge in [0.25, 0.3) is 0 Å². The van der Waals surface area contributed by atoms with E-state index in [1.807, 2.05) is 23.0 Å². The van der Waals surface area contributed by atoms with Gasteiger partial charge in [0, 0.05) is 45.7 Å². The van der Waals surface area contributed by atoms with Crippen LogP contribution in [-0.4, -0.2) is 47.7 Å². The molecule has 0 aliphatic carbocycles. The zero-order chi connectivity index (χ0) is 14.7. The van der Waals surface area contributed by atoms with Gasteiger partial charge in [-0.25, -0.2) is 9.97 Å². The minimum absolute atomic E-state index is 0.666. The van der Waals surface area contributed by atoms with Gasteiger partial charge in [0.05, 0.1) is 6.20 Å². The van der Waals surface area contributed by atoms with Crippen molar-refractivity contribution in [3.05, 3.63) is 18.6 Å². The van der Waals surface area contributed by atoms with Crippen molar-refractivity contribution in [3.63, 3.8) is 0 Å². The second kappa shape index (κ2) is 6.30. The lowest BCUT2D eigenvalue weighted by atomic mass is 9.98. The zero-order valence-electron chi connectivity index (χ0n) is 12.7. The van der Waals surface area contributed by atoms with Crippen molar-refractivity contribution >= 4 is 17.3 Å². The van der Waals surface area contributed by atoms with Crippen LogP contribution >= 0.6 is 0 Å². The molecule has 1 saturated heterocycles. The van der Waals surface area contributed by atoms with E-state index in [0.29, 0.717) is 5.92 Å². The number of hydrogen-bond donors (Lipinski definition) is 1. The molecule has 1 aliphatic rings. The fraction of sp³-hybridized carbons (Fsp3) is 0.600. The Morgan fingerprint density at radius 2 is 2.19 bits per heavy atom. The van der Waals surface area contributed by atoms with E-state index in [9.17, 15) is 0 Å². The average Bonchev–Trinajstić information content (AvgIpc) is 2.96. The summed E-state index contributed by atoms with van der Waals surface area (Å²) in [6.07, 6.45) is 8.08. The van der Waals surface area contributed by atoms with E-state index in [0.717, 1.165) is 56.4 Å². The molecule has 2 aromatic rings. The Morgan fingerprint density at radius 3 is 2.90 bits per heavy atom. The largest absolute Gasteiger partial charge is 0.384 e. The number of nitrogens with zero attached hydrogens (tertiary/aromatic N) is 4. The van der Waals surface area contributed by atoms with Crippen molar-refractivity contribution in [2.24, 2.45) is 5.92 Å². The van der Waals surface area contributed by atoms with E-state index >= 15 is 0 Å². The number of methoxy groups -OCH3 is 1. The van der Waals surface area contributed by atoms with Crippen LogP contribution in [-0.2, 0) is 4.74 Å². The molecule has 21 heavy (non-hydrogen) atoms. The van der Waals surface area contributed by atoms with Crippen molar-refractivity contribution in [2.45, 2.75) is 19.8 Å². The van der Waals surface area contributed by atoms with E-state index in [4.69, 9.17) is 9.72 Å². The quantitative estimate of drug-likeness (QED) is 0.912. The Balaban J connectivity index is 1.84. The summed E-state index contributed by atoms with van der Waals surface area (Å²) in [5.74, 6) is 2.55. The van der Waals surface area contributed by atoms with Gasteiger partial charge in [-0.05, 0) is 25.7 Å². The van der Waals surface area contributed by atoms with Gasteiger partial charge in [0.1, 0.15) is 5.82 Å². The number of ether oxygens (including phenoxy) is 1. The normalized spacial score (nSPS) is 16.6. The maximum absolute atomic E-state index is 5.27. The molecule has 6 nitrogen and oxygen atoms in total. The van der Waals surface area contributed by atoms with Crippen LogP contribution < -0.4 is 10.2 Å². The van der Waals surface area contributed by atoms with Crippen LogP contribution in [0.4, 0.5) is 11.6 Å². The second-order valence-electron chi connectivity index (χ2n) is 5.52. The lowest BCUT2D eigenvalue weighted by molar-refractivity contribution is 0.139. The monoisotopic (exact) mass is 289 g/mol. The SMILES string of the molecule is CCNc1cn2ccnc2c(N2CCC(COC)CC2)n1. The highest BCUT2D eigenvalue weighted by Gasteiger charge is 2.22. The minimum Gasteiger partial charge on any atom is -0.384 e. The molecule has 1 aliphatic heterocycles. The van der Waals surface area contributed by atoms with Crippen LogP contribution in [0, 0.1) is 5.92 Å². The van der Waals surface area contributed by atoms with Gasteiger partial charge < -0.3 is 19.4 Å². The maximum atomic E-state index is 5.27. The Morgan fingerprint density at radius 1 is 1.38 bits per heavy atom. The standard InChI is InChI=1S/C15H23N5O/c1-3-16-13-10-20-9-6-17-14(20)15(18-13)19-7-4-12(5-8-19)11-21-2/h6,9-10,12,16H,3-5,7-8,11H2,1-2H3. The van der Waals surface area contributed by atoms with Crippen LogP contribution in [0.2, 0.25) is 0 Å². The molecule has 3 heterocycles. The van der Waals surface area contributed by atoms with Crippen LogP contribution in [0.3, 0.4) is 0 Å². The van der Waals surface area contributed by atoms with Crippen LogP contribution in [0.15, 0.2) is 18.6 Å². The number of anilines is 2. The van der Waals surface area contributed by atoms with E-state index in [1.54, 1.807) is 7.11 Å². The number of aromatic nitrogens is 3. The molecule has 0 atom stereocenters. The van der Waals surface area contributed by atoms with Gasteiger partial charge in [-0.15, -0.1) is 0 Å². The van der Waals surface area contributed by atoms with Crippen molar-refractivity contribution in [1.82, 2.24) is 14.4 Å². The lowest BCUT2D eigenvalue weighted by Gasteiger charge is -2.32. The summed E-state index contributed by atoms with van der Waals surface area (Å²) in [6.45, 7) is 5.83. The zero-order valence-corrected chi connectivity index (χ0v) is 12.7. The molecule has 0 amide bonds. The molecule has 0 spiro atoms. The molecule has 0 radical (unpaired) electrons. The number of hydrogen-bond acceptors (Lipinski definition) is 5. The topological polar surface area (TPSA) is 54.7 Å². The number of nitrogens with one attached hydrogen (secondary N) is 1. The maximum Gasteiger partial charge on any atom is 0.180 e. The van der Waals surface area contributed by atoms with Crippen molar-refractivity contribution in [3.8, 4) is 0 Å². The van der Waals surface area contributed by atoms with Crippen molar-refractivity contribution < 1.29 is 4.74 Å². The fourth-order valence-electron chi connectivity index (χ4n) is 2.94. The summed E-state index contributed by atoms with van der Waals surface area (Å²) < 4.78 is 7.31. The van der Waals surface area contributed by atoms with E-state index < -0.39 is 0 Å². The third-order valence-electron chi connectivity index (χ3n) is 4.03. The summed E-state index contributed by atoms with van der Waals surface area (Å²) in [6, 6.07) is 0. The smallest absolute Gasteiger partial charge is 0.180 e. The van der Waals surface area contributed by atoms with E-state index in [1.165, 1.54) is 0 Å². The third kappa shape index (κ3) is 2.95. The number of fused-ring (bicyclic) bond motifs is 1. The highest BCUT2D eigenvalue weighted by atomic mass is 16.5. The molecule has 0 aromatic carbocycles. The average molecular weight is 289 g/mol. The van der Waals surface area contributed by atoms with Crippen molar-refractivity contribution in [2.75, 3.05) is 43.6 Å². The molecule has 3 rings (SSSR count). The first kappa shape index (κ1) is 14.1. The summed E-state index contributed by atoms with van der Waals surface area (Å²) in [5.41, 5.74) is 0.932. The first-order chi connectivity index (χ1) is 10.3. The molecule has 0 unspecified atom stereocenters. The molecule has 1 fully saturated rings. The summed E-state index contributed by atoms with van der Waals surface area (Å²) in [5, 5.41) is 3.29. The first-order valence-corrected chi connectivity index (χ1v) is 7.63. The van der Waals surface area contributed by atoms with Gasteiger partial charge in [-0.3, -0.25) is 0 Å². The molecule has 2 aromatic heterocycles. The molecular formula is C15H23N5O. The predicted octanol–water partition coefficient (Wildman–Crippen LogP) is 2.02. The number of imidazole rings is 1. The predicted molar refractivity (Wildman–Crippen MR) is 84.0 cm³/mol. The van der Waals surface area contributed by atoms with Gasteiger partial charge in [-0.2, -0.15) is 0 Å². The van der Waals surface area contributed by atoms with Gasteiger partial charge in [-0.1, -0.05) is 0 Å². The Kier molecular flexibility index (Phi) is 4.24. The highest BCUT2D eigenvalue weighted by molar-refractivity contribution is 5.67. The Labute approximate surface area is 125 Å². The molecular weight excluding hydrogens is 266 g/mol. The van der Waals surface area contributed by atoms with Crippen LogP contribution in [0.5, 0.6) is 0 Å². The minimum atomic E-state index is 0.666. The summed E-state index contributed by atoms with van der Waals surface area (Å²) in [7, 11) is 1.78.